The summed E-state index contributed by atoms with van der Waals surface area (Å²) >= 11 is 0. The molecule has 0 unspecified atom stereocenters. The van der Waals surface area contributed by atoms with E-state index in [1.165, 1.54) is 12.8 Å². The molecule has 1 rings (SSSR count). The summed E-state index contributed by atoms with van der Waals surface area (Å²) in [6.45, 7) is 6.11. The van der Waals surface area contributed by atoms with E-state index in [-0.39, 0.29) is 0 Å². The molecule has 1 aliphatic rings. The normalized spacial score (nSPS) is 27.0. The Balaban J connectivity index is 2.28. The maximum Gasteiger partial charge on any atom is -0.0325 e. The van der Waals surface area contributed by atoms with Crippen LogP contribution in [0.3, 0.4) is 0 Å². The van der Waals surface area contributed by atoms with Gasteiger partial charge in [0.2, 0.25) is 0 Å². The standard InChI is InChI=1S/C6H11/c1-3-6(2)4-5-6/h1,3-5H2,2H3. The van der Waals surface area contributed by atoms with Crippen LogP contribution in [-0.2, 0) is 0 Å². The van der Waals surface area contributed by atoms with Gasteiger partial charge in [0.05, 0.1) is 0 Å². The van der Waals surface area contributed by atoms with Gasteiger partial charge in [-0.1, -0.05) is 13.8 Å². The fraction of sp³-hybridized carbons (Fsp3) is 0.833. The molecule has 35 valence electrons. The minimum Gasteiger partial charge on any atom is -0.0596 e. The van der Waals surface area contributed by atoms with Gasteiger partial charge in [0.15, 0.2) is 0 Å². The molecule has 0 heterocycles. The first-order chi connectivity index (χ1) is 2.77. The highest BCUT2D eigenvalue weighted by molar-refractivity contribution is 4.88. The Morgan fingerprint density at radius 1 is 1.67 bits per heavy atom. The third kappa shape index (κ3) is 0.562. The van der Waals surface area contributed by atoms with Crippen LogP contribution in [0, 0.1) is 12.3 Å². The van der Waals surface area contributed by atoms with Crippen LogP contribution in [-0.4, -0.2) is 0 Å². The van der Waals surface area contributed by atoms with Crippen LogP contribution in [0.1, 0.15) is 26.2 Å². The van der Waals surface area contributed by atoms with E-state index in [0.717, 1.165) is 6.42 Å². The highest BCUT2D eigenvalue weighted by Gasteiger charge is 2.34. The van der Waals surface area contributed by atoms with Crippen molar-refractivity contribution in [3.8, 4) is 0 Å². The van der Waals surface area contributed by atoms with Gasteiger partial charge < -0.3 is 0 Å². The lowest BCUT2D eigenvalue weighted by atomic mass is 10.1. The molecule has 1 saturated carbocycles. The molecule has 0 atom stereocenters. The van der Waals surface area contributed by atoms with Gasteiger partial charge in [-0.25, -0.2) is 0 Å². The Kier molecular flexibility index (Phi) is 0.686. The quantitative estimate of drug-likeness (QED) is 0.455. The fourth-order valence-electron chi connectivity index (χ4n) is 0.463. The van der Waals surface area contributed by atoms with Crippen LogP contribution in [0.15, 0.2) is 0 Å². The van der Waals surface area contributed by atoms with E-state index in [2.05, 4.69) is 13.8 Å². The van der Waals surface area contributed by atoms with Crippen molar-refractivity contribution < 1.29 is 0 Å². The van der Waals surface area contributed by atoms with Crippen LogP contribution in [0.5, 0.6) is 0 Å². The van der Waals surface area contributed by atoms with Crippen molar-refractivity contribution in [3.05, 3.63) is 6.92 Å². The lowest BCUT2D eigenvalue weighted by Crippen LogP contribution is -1.85. The highest BCUT2D eigenvalue weighted by Crippen LogP contribution is 2.47. The first kappa shape index (κ1) is 4.17. The molecular weight excluding hydrogens is 72.1 g/mol. The predicted molar refractivity (Wildman–Crippen MR) is 27.3 cm³/mol. The average molecular weight is 83.2 g/mol. The summed E-state index contributed by atoms with van der Waals surface area (Å²) in [5.41, 5.74) is 0.681. The van der Waals surface area contributed by atoms with Crippen LogP contribution < -0.4 is 0 Å². The van der Waals surface area contributed by atoms with Gasteiger partial charge in [0, 0.05) is 0 Å². The van der Waals surface area contributed by atoms with Crippen molar-refractivity contribution in [2.24, 2.45) is 5.41 Å². The highest BCUT2D eigenvalue weighted by atomic mass is 14.4. The number of rotatable bonds is 1. The molecule has 0 heteroatoms. The molecule has 0 amide bonds. The maximum atomic E-state index is 3.82. The zero-order valence-corrected chi connectivity index (χ0v) is 4.33. The van der Waals surface area contributed by atoms with Crippen molar-refractivity contribution in [2.45, 2.75) is 26.2 Å². The summed E-state index contributed by atoms with van der Waals surface area (Å²) in [6, 6.07) is 0. The minimum absolute atomic E-state index is 0.681. The van der Waals surface area contributed by atoms with E-state index >= 15 is 0 Å². The van der Waals surface area contributed by atoms with Gasteiger partial charge in [-0.2, -0.15) is 0 Å². The van der Waals surface area contributed by atoms with E-state index in [1.807, 2.05) is 0 Å². The molecule has 1 radical (unpaired) electrons. The van der Waals surface area contributed by atoms with Crippen molar-refractivity contribution in [1.29, 1.82) is 0 Å². The summed E-state index contributed by atoms with van der Waals surface area (Å²) in [5, 5.41) is 0. The molecule has 0 aromatic heterocycles. The van der Waals surface area contributed by atoms with Crippen molar-refractivity contribution in [3.63, 3.8) is 0 Å². The second-order valence-electron chi connectivity index (χ2n) is 2.56. The summed E-state index contributed by atoms with van der Waals surface area (Å²) in [4.78, 5) is 0. The largest absolute Gasteiger partial charge is 0.0596 e. The summed E-state index contributed by atoms with van der Waals surface area (Å²) < 4.78 is 0. The topological polar surface area (TPSA) is 0 Å². The zero-order chi connectivity index (χ0) is 4.62. The van der Waals surface area contributed by atoms with E-state index < -0.39 is 0 Å². The molecule has 0 aromatic rings. The summed E-state index contributed by atoms with van der Waals surface area (Å²) in [7, 11) is 0. The van der Waals surface area contributed by atoms with E-state index in [0.29, 0.717) is 5.41 Å². The maximum absolute atomic E-state index is 3.82. The third-order valence-corrected chi connectivity index (χ3v) is 1.71. The van der Waals surface area contributed by atoms with E-state index in [9.17, 15) is 0 Å². The van der Waals surface area contributed by atoms with Crippen LogP contribution >= 0.6 is 0 Å². The van der Waals surface area contributed by atoms with E-state index in [1.54, 1.807) is 0 Å². The van der Waals surface area contributed by atoms with Gasteiger partial charge in [0.1, 0.15) is 0 Å². The molecule has 0 spiro atoms. The summed E-state index contributed by atoms with van der Waals surface area (Å²) in [5.74, 6) is 0. The Labute approximate surface area is 39.6 Å². The lowest BCUT2D eigenvalue weighted by Gasteiger charge is -1.96. The average Bonchev–Trinajstić information content (AvgIpc) is 2.22. The molecule has 0 aromatic carbocycles. The molecule has 0 bridgehead atoms. The Morgan fingerprint density at radius 2 is 2.17 bits per heavy atom. The fourth-order valence-corrected chi connectivity index (χ4v) is 0.463. The van der Waals surface area contributed by atoms with Gasteiger partial charge in [-0.15, -0.1) is 0 Å². The molecule has 0 aliphatic heterocycles. The zero-order valence-electron chi connectivity index (χ0n) is 4.33. The Morgan fingerprint density at radius 3 is 2.17 bits per heavy atom. The lowest BCUT2D eigenvalue weighted by molar-refractivity contribution is 0.582. The molecule has 0 nitrogen and oxygen atoms in total. The molecule has 0 N–H and O–H groups in total. The predicted octanol–water partition coefficient (Wildman–Crippen LogP) is 2.01. The SMILES string of the molecule is [CH2]CC1(C)CC1. The second kappa shape index (κ2) is 0.988. The van der Waals surface area contributed by atoms with Crippen LogP contribution in [0.2, 0.25) is 0 Å². The Hall–Kier alpha value is 0. The molecule has 0 saturated heterocycles. The minimum atomic E-state index is 0.681. The van der Waals surface area contributed by atoms with Crippen LogP contribution in [0.4, 0.5) is 0 Å². The number of hydrogen-bond acceptors (Lipinski definition) is 0. The van der Waals surface area contributed by atoms with Crippen molar-refractivity contribution >= 4 is 0 Å². The van der Waals surface area contributed by atoms with Gasteiger partial charge in [-0.05, 0) is 24.7 Å². The van der Waals surface area contributed by atoms with Gasteiger partial charge in [-0.3, -0.25) is 0 Å². The molecule has 1 fully saturated rings. The molecule has 6 heavy (non-hydrogen) atoms. The first-order valence-electron chi connectivity index (χ1n) is 2.56. The van der Waals surface area contributed by atoms with Crippen molar-refractivity contribution in [2.75, 3.05) is 0 Å². The second-order valence-corrected chi connectivity index (χ2v) is 2.56. The first-order valence-corrected chi connectivity index (χ1v) is 2.56. The monoisotopic (exact) mass is 83.1 g/mol. The van der Waals surface area contributed by atoms with Gasteiger partial charge >= 0.3 is 0 Å². The number of hydrogen-bond donors (Lipinski definition) is 0. The molecular formula is C6H11. The van der Waals surface area contributed by atoms with Crippen LogP contribution in [0.25, 0.3) is 0 Å². The molecule has 1 aliphatic carbocycles. The van der Waals surface area contributed by atoms with Gasteiger partial charge in [0.25, 0.3) is 0 Å². The van der Waals surface area contributed by atoms with E-state index in [4.69, 9.17) is 0 Å². The summed E-state index contributed by atoms with van der Waals surface area (Å²) in [6.07, 6.45) is 3.96. The van der Waals surface area contributed by atoms with Crippen molar-refractivity contribution in [1.82, 2.24) is 0 Å². The third-order valence-electron chi connectivity index (χ3n) is 1.71. The smallest absolute Gasteiger partial charge is 0.0325 e. The Bertz CT molecular complexity index is 51.1.